The summed E-state index contributed by atoms with van der Waals surface area (Å²) in [7, 11) is 0. The summed E-state index contributed by atoms with van der Waals surface area (Å²) < 4.78 is 2.28. The Morgan fingerprint density at radius 2 is 2.39 bits per heavy atom. The number of hydrogen-bond donors (Lipinski definition) is 1. The van der Waals surface area contributed by atoms with Crippen LogP contribution in [-0.2, 0) is 0 Å². The number of aromatic nitrogens is 4. The third-order valence-corrected chi connectivity index (χ3v) is 4.97. The van der Waals surface area contributed by atoms with E-state index < -0.39 is 0 Å². The number of fused-ring (bicyclic) bond motifs is 1. The number of nitrogens with one attached hydrogen (secondary N) is 1. The minimum Gasteiger partial charge on any atom is -0.366 e. The predicted molar refractivity (Wildman–Crippen MR) is 74.1 cm³/mol. The predicted octanol–water partition coefficient (Wildman–Crippen LogP) is 2.13. The van der Waals surface area contributed by atoms with Crippen molar-refractivity contribution >= 4 is 23.2 Å². The van der Waals surface area contributed by atoms with Gasteiger partial charge in [-0.25, -0.2) is 4.98 Å². The molecule has 0 saturated carbocycles. The number of anilines is 1. The van der Waals surface area contributed by atoms with Gasteiger partial charge < -0.3 is 5.32 Å². The van der Waals surface area contributed by atoms with Crippen LogP contribution in [0.4, 0.5) is 5.82 Å². The van der Waals surface area contributed by atoms with Crippen LogP contribution >= 0.6 is 11.8 Å². The molecule has 96 valence electrons. The van der Waals surface area contributed by atoms with Crippen LogP contribution in [0.25, 0.3) is 5.65 Å². The quantitative estimate of drug-likeness (QED) is 0.919. The van der Waals surface area contributed by atoms with E-state index in [9.17, 15) is 0 Å². The van der Waals surface area contributed by atoms with Crippen molar-refractivity contribution in [3.8, 4) is 0 Å². The molecular weight excluding hydrogens is 246 g/mol. The lowest BCUT2D eigenvalue weighted by atomic mass is 10.1. The average Bonchev–Trinajstić information content (AvgIpc) is 2.96. The molecule has 0 radical (unpaired) electrons. The first-order valence-corrected chi connectivity index (χ1v) is 7.21. The molecule has 1 aliphatic heterocycles. The number of rotatable bonds is 3. The van der Waals surface area contributed by atoms with Crippen molar-refractivity contribution in [3.63, 3.8) is 0 Å². The zero-order chi connectivity index (χ0) is 12.6. The van der Waals surface area contributed by atoms with E-state index in [1.807, 2.05) is 29.3 Å². The molecule has 1 fully saturated rings. The normalized spacial score (nSPS) is 23.7. The van der Waals surface area contributed by atoms with Crippen LogP contribution in [0, 0.1) is 6.92 Å². The van der Waals surface area contributed by atoms with Crippen molar-refractivity contribution in [2.75, 3.05) is 17.6 Å². The maximum atomic E-state index is 4.37. The second kappa shape index (κ2) is 4.42. The molecule has 2 aromatic rings. The van der Waals surface area contributed by atoms with Crippen LogP contribution in [0.5, 0.6) is 0 Å². The fraction of sp³-hybridized carbons (Fsp3) is 0.583. The second-order valence-corrected chi connectivity index (χ2v) is 6.65. The molecule has 0 spiro atoms. The van der Waals surface area contributed by atoms with Crippen molar-refractivity contribution in [2.24, 2.45) is 0 Å². The highest BCUT2D eigenvalue weighted by Crippen LogP contribution is 2.37. The lowest BCUT2D eigenvalue weighted by molar-refractivity contribution is 0.634. The first kappa shape index (κ1) is 11.8. The topological polar surface area (TPSA) is 55.1 Å². The summed E-state index contributed by atoms with van der Waals surface area (Å²) in [6.07, 6.45) is 6.25. The summed E-state index contributed by atoms with van der Waals surface area (Å²) in [6, 6.07) is 0. The van der Waals surface area contributed by atoms with Crippen LogP contribution < -0.4 is 5.32 Å². The lowest BCUT2D eigenvalue weighted by Gasteiger charge is -2.23. The number of nitrogens with zero attached hydrogens (tertiary/aromatic N) is 4. The molecule has 1 atom stereocenters. The molecule has 0 aliphatic carbocycles. The molecule has 0 amide bonds. The van der Waals surface area contributed by atoms with Crippen molar-refractivity contribution in [1.82, 2.24) is 19.6 Å². The van der Waals surface area contributed by atoms with Gasteiger partial charge in [-0.15, -0.1) is 10.2 Å². The highest BCUT2D eigenvalue weighted by atomic mass is 32.2. The van der Waals surface area contributed by atoms with Crippen LogP contribution in [0.3, 0.4) is 0 Å². The summed E-state index contributed by atoms with van der Waals surface area (Å²) in [4.78, 5) is 4.37. The monoisotopic (exact) mass is 263 g/mol. The molecule has 5 nitrogen and oxygen atoms in total. The van der Waals surface area contributed by atoms with E-state index in [1.54, 1.807) is 6.20 Å². The first-order chi connectivity index (χ1) is 8.68. The fourth-order valence-electron chi connectivity index (χ4n) is 2.31. The third-order valence-electron chi connectivity index (χ3n) is 3.43. The van der Waals surface area contributed by atoms with Crippen molar-refractivity contribution < 1.29 is 0 Å². The van der Waals surface area contributed by atoms with Gasteiger partial charge in [0.1, 0.15) is 5.82 Å². The molecule has 2 aromatic heterocycles. The van der Waals surface area contributed by atoms with Gasteiger partial charge in [0.15, 0.2) is 5.82 Å². The van der Waals surface area contributed by atoms with E-state index in [2.05, 4.69) is 27.4 Å². The van der Waals surface area contributed by atoms with E-state index in [-0.39, 0.29) is 0 Å². The molecule has 3 heterocycles. The Balaban J connectivity index is 1.82. The molecule has 0 bridgehead atoms. The minimum atomic E-state index is 0.323. The Morgan fingerprint density at radius 1 is 1.50 bits per heavy atom. The molecule has 18 heavy (non-hydrogen) atoms. The molecular formula is C12H17N5S. The van der Waals surface area contributed by atoms with Gasteiger partial charge in [-0.1, -0.05) is 0 Å². The van der Waals surface area contributed by atoms with E-state index in [1.165, 1.54) is 18.6 Å². The van der Waals surface area contributed by atoms with Gasteiger partial charge in [0.2, 0.25) is 5.65 Å². The summed E-state index contributed by atoms with van der Waals surface area (Å²) in [6.45, 7) is 5.18. The van der Waals surface area contributed by atoms with E-state index in [0.29, 0.717) is 4.75 Å². The number of aryl methyl sites for hydroxylation is 1. The zero-order valence-electron chi connectivity index (χ0n) is 10.7. The van der Waals surface area contributed by atoms with Crippen LogP contribution in [-0.4, -0.2) is 36.6 Å². The van der Waals surface area contributed by atoms with Gasteiger partial charge >= 0.3 is 0 Å². The highest BCUT2D eigenvalue weighted by molar-refractivity contribution is 8.00. The maximum Gasteiger partial charge on any atom is 0.203 e. The van der Waals surface area contributed by atoms with Crippen molar-refractivity contribution in [3.05, 3.63) is 18.2 Å². The SMILES string of the molecule is Cc1nnc2c(NCC3(C)CCCS3)nccn12. The molecule has 1 saturated heterocycles. The standard InChI is InChI=1S/C12H17N5S/c1-9-15-16-11-10(13-5-6-17(9)11)14-8-12(2)4-3-7-18-12/h5-6H,3-4,7-8H2,1-2H3,(H,13,14). The molecule has 1 unspecified atom stereocenters. The van der Waals surface area contributed by atoms with Crippen LogP contribution in [0.2, 0.25) is 0 Å². The fourth-order valence-corrected chi connectivity index (χ4v) is 3.56. The number of hydrogen-bond acceptors (Lipinski definition) is 5. The van der Waals surface area contributed by atoms with E-state index in [0.717, 1.165) is 23.8 Å². The lowest BCUT2D eigenvalue weighted by Crippen LogP contribution is -2.27. The molecule has 3 rings (SSSR count). The van der Waals surface area contributed by atoms with Gasteiger partial charge in [0.05, 0.1) is 0 Å². The van der Waals surface area contributed by atoms with Crippen LogP contribution in [0.1, 0.15) is 25.6 Å². The maximum absolute atomic E-state index is 4.37. The zero-order valence-corrected chi connectivity index (χ0v) is 11.5. The molecule has 6 heteroatoms. The Bertz CT molecular complexity index is 559. The largest absolute Gasteiger partial charge is 0.366 e. The van der Waals surface area contributed by atoms with Gasteiger partial charge in [-0.2, -0.15) is 11.8 Å². The van der Waals surface area contributed by atoms with Gasteiger partial charge in [-0.05, 0) is 32.4 Å². The second-order valence-electron chi connectivity index (χ2n) is 4.97. The molecule has 1 aliphatic rings. The third kappa shape index (κ3) is 2.05. The van der Waals surface area contributed by atoms with E-state index in [4.69, 9.17) is 0 Å². The van der Waals surface area contributed by atoms with Crippen LogP contribution in [0.15, 0.2) is 12.4 Å². The van der Waals surface area contributed by atoms with E-state index >= 15 is 0 Å². The number of thioether (sulfide) groups is 1. The highest BCUT2D eigenvalue weighted by Gasteiger charge is 2.29. The Kier molecular flexibility index (Phi) is 2.89. The minimum absolute atomic E-state index is 0.323. The smallest absolute Gasteiger partial charge is 0.203 e. The van der Waals surface area contributed by atoms with Crippen molar-refractivity contribution in [1.29, 1.82) is 0 Å². The molecule has 1 N–H and O–H groups in total. The summed E-state index contributed by atoms with van der Waals surface area (Å²) in [5.74, 6) is 2.98. The van der Waals surface area contributed by atoms with Crippen molar-refractivity contribution in [2.45, 2.75) is 31.4 Å². The summed E-state index contributed by atoms with van der Waals surface area (Å²) >= 11 is 2.04. The van der Waals surface area contributed by atoms with Gasteiger partial charge in [0, 0.05) is 23.7 Å². The summed E-state index contributed by atoms with van der Waals surface area (Å²) in [5, 5.41) is 11.7. The summed E-state index contributed by atoms with van der Waals surface area (Å²) in [5.41, 5.74) is 0.807. The van der Waals surface area contributed by atoms with Gasteiger partial charge in [0.25, 0.3) is 0 Å². The average molecular weight is 263 g/mol. The Morgan fingerprint density at radius 3 is 3.17 bits per heavy atom. The Labute approximate surface area is 110 Å². The Hall–Kier alpha value is -1.30. The van der Waals surface area contributed by atoms with Gasteiger partial charge in [-0.3, -0.25) is 4.40 Å². The molecule has 0 aromatic carbocycles. The first-order valence-electron chi connectivity index (χ1n) is 6.22.